The van der Waals surface area contributed by atoms with Gasteiger partial charge in [0.2, 0.25) is 5.69 Å². The molecule has 2 rings (SSSR count). The van der Waals surface area contributed by atoms with Crippen molar-refractivity contribution in [3.05, 3.63) is 45.9 Å². The number of hydrogen-bond donors (Lipinski definition) is 2. The second-order valence-corrected chi connectivity index (χ2v) is 3.40. The molecular weight excluding hydrogens is 231 g/mol. The molecule has 82 valence electrons. The van der Waals surface area contributed by atoms with E-state index in [4.69, 9.17) is 5.73 Å². The Balaban J connectivity index is 0.00000144. The molecule has 0 atom stereocenters. The Hall–Kier alpha value is -1.37. The van der Waals surface area contributed by atoms with Gasteiger partial charge in [-0.05, 0) is 19.1 Å². The van der Waals surface area contributed by atoms with Crippen LogP contribution in [0.25, 0.3) is 5.69 Å². The van der Waals surface area contributed by atoms with Crippen molar-refractivity contribution < 1.29 is 34.4 Å². The first-order valence-electron chi connectivity index (χ1n) is 4.64. The summed E-state index contributed by atoms with van der Waals surface area (Å²) in [6, 6.07) is 7.21. The van der Waals surface area contributed by atoms with Gasteiger partial charge in [-0.25, -0.2) is 9.90 Å². The third-order valence-corrected chi connectivity index (χ3v) is 2.19. The van der Waals surface area contributed by atoms with E-state index in [1.54, 1.807) is 12.1 Å². The van der Waals surface area contributed by atoms with Crippen molar-refractivity contribution in [2.24, 2.45) is 5.73 Å². The first kappa shape index (κ1) is 13.7. The van der Waals surface area contributed by atoms with Gasteiger partial charge in [-0.2, -0.15) is 0 Å². The normalized spacial score (nSPS) is 9.71. The summed E-state index contributed by atoms with van der Waals surface area (Å²) < 4.78 is 1.17. The largest absolute Gasteiger partial charge is 1.00 e. The summed E-state index contributed by atoms with van der Waals surface area (Å²) >= 11 is 0. The van der Waals surface area contributed by atoms with Gasteiger partial charge in [-0.3, -0.25) is 9.59 Å². The van der Waals surface area contributed by atoms with Crippen LogP contribution in [-0.4, -0.2) is 20.9 Å². The summed E-state index contributed by atoms with van der Waals surface area (Å²) in [6.45, 7) is 1.94. The van der Waals surface area contributed by atoms with Crippen LogP contribution < -0.4 is 40.9 Å². The molecule has 0 fully saturated rings. The average Bonchev–Trinajstić information content (AvgIpc) is 2.61. The zero-order valence-corrected chi connectivity index (χ0v) is 11.6. The molecule has 0 saturated heterocycles. The number of nitrogens with one attached hydrogen (secondary N) is 1. The Morgan fingerprint density at radius 2 is 1.94 bits per heavy atom. The maximum atomic E-state index is 11.7. The molecule has 0 aliphatic rings. The van der Waals surface area contributed by atoms with Crippen LogP contribution >= 0.6 is 0 Å². The van der Waals surface area contributed by atoms with Gasteiger partial charge in [-0.15, -0.1) is 5.10 Å². The first-order chi connectivity index (χ1) is 7.59. The van der Waals surface area contributed by atoms with Gasteiger partial charge in [0.05, 0.1) is 5.69 Å². The number of carbonyl (C=O) groups excluding carboxylic acids is 1. The van der Waals surface area contributed by atoms with E-state index in [0.717, 1.165) is 5.56 Å². The molecule has 0 unspecified atom stereocenters. The Kier molecular flexibility index (Phi) is 4.28. The summed E-state index contributed by atoms with van der Waals surface area (Å²) in [7, 11) is 0. The quantitative estimate of drug-likeness (QED) is 0.548. The van der Waals surface area contributed by atoms with E-state index in [1.807, 2.05) is 19.1 Å². The average molecular weight is 241 g/mol. The van der Waals surface area contributed by atoms with E-state index in [1.165, 1.54) is 4.68 Å². The zero-order valence-electron chi connectivity index (χ0n) is 9.60. The van der Waals surface area contributed by atoms with Crippen LogP contribution in [0.5, 0.6) is 0 Å². The van der Waals surface area contributed by atoms with Crippen LogP contribution in [0.1, 0.15) is 16.1 Å². The zero-order chi connectivity index (χ0) is 11.7. The van der Waals surface area contributed by atoms with Crippen LogP contribution in [0, 0.1) is 6.92 Å². The third-order valence-electron chi connectivity index (χ3n) is 2.19. The van der Waals surface area contributed by atoms with E-state index in [9.17, 15) is 9.59 Å². The number of amides is 1. The molecule has 0 aliphatic heterocycles. The van der Waals surface area contributed by atoms with Crippen molar-refractivity contribution in [1.82, 2.24) is 15.0 Å². The fraction of sp³-hybridized carbons (Fsp3) is 0.100. The predicted molar refractivity (Wildman–Crippen MR) is 57.4 cm³/mol. The number of carbonyl (C=O) groups is 1. The maximum absolute atomic E-state index is 11.7. The number of rotatable bonds is 2. The Morgan fingerprint density at radius 3 is 2.41 bits per heavy atom. The molecule has 0 bridgehead atoms. The van der Waals surface area contributed by atoms with E-state index in [2.05, 4.69) is 10.3 Å². The monoisotopic (exact) mass is 241 g/mol. The summed E-state index contributed by atoms with van der Waals surface area (Å²) in [4.78, 5) is 22.5. The molecule has 1 aromatic carbocycles. The van der Waals surface area contributed by atoms with Crippen LogP contribution in [0.3, 0.4) is 0 Å². The topological polar surface area (TPSA) is 93.8 Å². The Morgan fingerprint density at radius 1 is 1.35 bits per heavy atom. The Labute approximate surface area is 119 Å². The van der Waals surface area contributed by atoms with Crippen molar-refractivity contribution in [3.8, 4) is 5.69 Å². The van der Waals surface area contributed by atoms with E-state index in [-0.39, 0.29) is 35.3 Å². The molecule has 2 aromatic rings. The van der Waals surface area contributed by atoms with Gasteiger partial charge in [0.15, 0.2) is 0 Å². The van der Waals surface area contributed by atoms with E-state index >= 15 is 0 Å². The predicted octanol–water partition coefficient (Wildman–Crippen LogP) is -3.03. The van der Waals surface area contributed by atoms with Crippen LogP contribution in [0.4, 0.5) is 0 Å². The number of hydrogen-bond acceptors (Lipinski definition) is 3. The van der Waals surface area contributed by atoms with Crippen molar-refractivity contribution in [2.75, 3.05) is 0 Å². The second-order valence-electron chi connectivity index (χ2n) is 3.40. The van der Waals surface area contributed by atoms with Crippen LogP contribution in [-0.2, 0) is 0 Å². The molecule has 7 heteroatoms. The molecule has 17 heavy (non-hydrogen) atoms. The number of aryl methyl sites for hydroxylation is 1. The van der Waals surface area contributed by atoms with Crippen molar-refractivity contribution in [3.63, 3.8) is 0 Å². The third kappa shape index (κ3) is 2.66. The van der Waals surface area contributed by atoms with Crippen molar-refractivity contribution in [1.29, 1.82) is 0 Å². The number of benzene rings is 1. The molecule has 1 amide bonds. The smallest absolute Gasteiger partial charge is 0.364 e. The number of nitrogens with zero attached hydrogens (tertiary/aromatic N) is 2. The molecule has 0 radical (unpaired) electrons. The second kappa shape index (κ2) is 5.31. The fourth-order valence-corrected chi connectivity index (χ4v) is 1.33. The van der Waals surface area contributed by atoms with Crippen LogP contribution in [0.2, 0.25) is 0 Å². The number of nitrogens with two attached hydrogens (primary N) is 1. The molecular formula is C10H10N4NaO2+. The maximum Gasteiger partial charge on any atom is 1.00 e. The molecule has 6 nitrogen and oxygen atoms in total. The minimum absolute atomic E-state index is 0. The minimum Gasteiger partial charge on any atom is -0.364 e. The molecule has 0 aliphatic carbocycles. The van der Waals surface area contributed by atoms with E-state index < -0.39 is 11.5 Å². The summed E-state index contributed by atoms with van der Waals surface area (Å²) in [5.41, 5.74) is 5.84. The molecule has 0 saturated carbocycles. The van der Waals surface area contributed by atoms with Crippen molar-refractivity contribution in [2.45, 2.75) is 6.92 Å². The molecule has 1 aromatic heterocycles. The number of aromatic amines is 1. The molecule has 3 N–H and O–H groups in total. The standard InChI is InChI=1S/C10H10N4O2.Na/c1-6-2-4-7(5-3-6)14-10(16)8(9(11)15)12-13-14;/h2-5,13H,1H3,(H2,11,15);/q;+1. The number of primary amides is 1. The summed E-state index contributed by atoms with van der Waals surface area (Å²) in [5.74, 6) is -0.841. The number of H-pyrrole nitrogens is 1. The van der Waals surface area contributed by atoms with Crippen molar-refractivity contribution >= 4 is 5.91 Å². The Bertz CT molecular complexity index is 585. The first-order valence-corrected chi connectivity index (χ1v) is 4.64. The van der Waals surface area contributed by atoms with Gasteiger partial charge >= 0.3 is 35.1 Å². The van der Waals surface area contributed by atoms with Gasteiger partial charge in [-0.1, -0.05) is 17.7 Å². The fourth-order valence-electron chi connectivity index (χ4n) is 1.33. The SMILES string of the molecule is Cc1ccc(-n2[nH]nc(C(N)=O)c2=O)cc1.[Na+]. The van der Waals surface area contributed by atoms with E-state index in [0.29, 0.717) is 5.69 Å². The van der Waals surface area contributed by atoms with Gasteiger partial charge in [0, 0.05) is 0 Å². The molecule has 0 spiro atoms. The van der Waals surface area contributed by atoms with Gasteiger partial charge < -0.3 is 5.73 Å². The number of aromatic nitrogens is 3. The van der Waals surface area contributed by atoms with Gasteiger partial charge in [0.1, 0.15) is 0 Å². The minimum atomic E-state index is -0.841. The summed E-state index contributed by atoms with van der Waals surface area (Å²) in [5, 5.41) is 6.01. The summed E-state index contributed by atoms with van der Waals surface area (Å²) in [6.07, 6.45) is 0. The van der Waals surface area contributed by atoms with Gasteiger partial charge in [0.25, 0.3) is 5.91 Å². The van der Waals surface area contributed by atoms with Crippen LogP contribution in [0.15, 0.2) is 29.1 Å². The molecule has 1 heterocycles.